The molecule has 0 aromatic rings. The van der Waals surface area contributed by atoms with Gasteiger partial charge in [-0.2, -0.15) is 0 Å². The molecule has 16 heavy (non-hydrogen) atoms. The Morgan fingerprint density at radius 2 is 1.88 bits per heavy atom. The largest absolute Gasteiger partial charge is 0.303 e. The molecule has 0 N–H and O–H groups in total. The van der Waals surface area contributed by atoms with Crippen LogP contribution >= 0.6 is 0 Å². The van der Waals surface area contributed by atoms with E-state index in [1.54, 1.807) is 6.92 Å². The number of carbonyl (C=O) groups is 1. The number of hydrogen-bond acceptors (Lipinski definition) is 2. The highest BCUT2D eigenvalue weighted by Gasteiger charge is 2.28. The molecule has 0 saturated heterocycles. The lowest BCUT2D eigenvalue weighted by Gasteiger charge is -2.38. The predicted molar refractivity (Wildman–Crippen MR) is 68.6 cm³/mol. The first-order valence-corrected chi connectivity index (χ1v) is 6.60. The van der Waals surface area contributed by atoms with Gasteiger partial charge in [-0.1, -0.05) is 13.8 Å². The third kappa shape index (κ3) is 4.65. The molecule has 2 nitrogen and oxygen atoms in total. The Kier molecular flexibility index (Phi) is 4.97. The molecule has 0 bridgehead atoms. The molecule has 0 aliphatic heterocycles. The van der Waals surface area contributed by atoms with E-state index in [0.717, 1.165) is 25.4 Å². The Labute approximate surface area is 100 Å². The highest BCUT2D eigenvalue weighted by atomic mass is 16.1. The average Bonchev–Trinajstić information content (AvgIpc) is 2.16. The fourth-order valence-corrected chi connectivity index (χ4v) is 2.58. The van der Waals surface area contributed by atoms with Gasteiger partial charge in [-0.25, -0.2) is 0 Å². The summed E-state index contributed by atoms with van der Waals surface area (Å²) >= 11 is 0. The smallest absolute Gasteiger partial charge is 0.129 e. The van der Waals surface area contributed by atoms with Crippen molar-refractivity contribution in [2.45, 2.75) is 65.3 Å². The van der Waals surface area contributed by atoms with Crippen LogP contribution in [0.15, 0.2) is 0 Å². The van der Waals surface area contributed by atoms with Crippen LogP contribution in [0.5, 0.6) is 0 Å². The van der Waals surface area contributed by atoms with Gasteiger partial charge in [0.2, 0.25) is 0 Å². The van der Waals surface area contributed by atoms with Crippen LogP contribution < -0.4 is 0 Å². The second-order valence-electron chi connectivity index (χ2n) is 6.18. The van der Waals surface area contributed by atoms with Crippen molar-refractivity contribution in [2.24, 2.45) is 5.41 Å². The molecule has 1 aliphatic carbocycles. The SMILES string of the molecule is CC(=O)CCCN(C)C1CCC(C)(C)CC1. The monoisotopic (exact) mass is 225 g/mol. The first-order valence-electron chi connectivity index (χ1n) is 6.60. The highest BCUT2D eigenvalue weighted by Crippen LogP contribution is 2.36. The lowest BCUT2D eigenvalue weighted by Crippen LogP contribution is -2.37. The van der Waals surface area contributed by atoms with Gasteiger partial charge < -0.3 is 9.69 Å². The summed E-state index contributed by atoms with van der Waals surface area (Å²) in [6.45, 7) is 7.51. The van der Waals surface area contributed by atoms with Crippen LogP contribution in [0.25, 0.3) is 0 Å². The molecule has 1 aliphatic rings. The molecule has 0 amide bonds. The molecule has 2 heteroatoms. The molecule has 0 spiro atoms. The zero-order valence-corrected chi connectivity index (χ0v) is 11.4. The molecule has 1 rings (SSSR count). The van der Waals surface area contributed by atoms with Crippen LogP contribution in [0, 0.1) is 5.41 Å². The van der Waals surface area contributed by atoms with E-state index in [1.165, 1.54) is 25.7 Å². The maximum absolute atomic E-state index is 10.9. The third-order valence-corrected chi connectivity index (χ3v) is 3.97. The van der Waals surface area contributed by atoms with Crippen molar-refractivity contribution in [3.63, 3.8) is 0 Å². The fourth-order valence-electron chi connectivity index (χ4n) is 2.58. The van der Waals surface area contributed by atoms with Gasteiger partial charge >= 0.3 is 0 Å². The van der Waals surface area contributed by atoms with Gasteiger partial charge in [-0.15, -0.1) is 0 Å². The normalized spacial score (nSPS) is 21.3. The van der Waals surface area contributed by atoms with Gasteiger partial charge in [-0.3, -0.25) is 0 Å². The molecule has 0 aromatic heterocycles. The third-order valence-electron chi connectivity index (χ3n) is 3.97. The summed E-state index contributed by atoms with van der Waals surface area (Å²) in [6, 6.07) is 0.750. The minimum absolute atomic E-state index is 0.318. The molecular formula is C14H27NO. The Balaban J connectivity index is 2.22. The summed E-state index contributed by atoms with van der Waals surface area (Å²) < 4.78 is 0. The number of ketones is 1. The summed E-state index contributed by atoms with van der Waals surface area (Å²) in [5.74, 6) is 0.318. The van der Waals surface area contributed by atoms with Gasteiger partial charge in [0.15, 0.2) is 0 Å². The van der Waals surface area contributed by atoms with E-state index >= 15 is 0 Å². The molecule has 0 radical (unpaired) electrons. The lowest BCUT2D eigenvalue weighted by molar-refractivity contribution is -0.117. The number of rotatable bonds is 5. The molecule has 94 valence electrons. The fraction of sp³-hybridized carbons (Fsp3) is 0.929. The zero-order chi connectivity index (χ0) is 12.2. The van der Waals surface area contributed by atoms with Crippen molar-refractivity contribution in [3.8, 4) is 0 Å². The molecule has 0 aromatic carbocycles. The van der Waals surface area contributed by atoms with E-state index in [9.17, 15) is 4.79 Å². The minimum atomic E-state index is 0.318. The van der Waals surface area contributed by atoms with Crippen LogP contribution in [-0.2, 0) is 4.79 Å². The second kappa shape index (κ2) is 5.81. The molecule has 0 unspecified atom stereocenters. The molecule has 0 atom stereocenters. The highest BCUT2D eigenvalue weighted by molar-refractivity contribution is 5.75. The van der Waals surface area contributed by atoms with Crippen molar-refractivity contribution in [2.75, 3.05) is 13.6 Å². The first kappa shape index (κ1) is 13.7. The summed E-state index contributed by atoms with van der Waals surface area (Å²) in [4.78, 5) is 13.3. The van der Waals surface area contributed by atoms with Crippen LogP contribution in [0.3, 0.4) is 0 Å². The molecule has 1 saturated carbocycles. The van der Waals surface area contributed by atoms with E-state index in [-0.39, 0.29) is 0 Å². The summed E-state index contributed by atoms with van der Waals surface area (Å²) in [6.07, 6.45) is 7.09. The Hall–Kier alpha value is -0.370. The molecule has 1 fully saturated rings. The zero-order valence-electron chi connectivity index (χ0n) is 11.4. The van der Waals surface area contributed by atoms with E-state index in [4.69, 9.17) is 0 Å². The van der Waals surface area contributed by atoms with Gasteiger partial charge in [0, 0.05) is 12.5 Å². The van der Waals surface area contributed by atoms with Gasteiger partial charge in [-0.05, 0) is 58.0 Å². The maximum Gasteiger partial charge on any atom is 0.129 e. The number of nitrogens with zero attached hydrogens (tertiary/aromatic N) is 1. The molecule has 0 heterocycles. The lowest BCUT2D eigenvalue weighted by atomic mass is 9.75. The maximum atomic E-state index is 10.9. The summed E-state index contributed by atoms with van der Waals surface area (Å²) in [7, 11) is 2.21. The Morgan fingerprint density at radius 3 is 2.38 bits per heavy atom. The Morgan fingerprint density at radius 1 is 1.31 bits per heavy atom. The van der Waals surface area contributed by atoms with E-state index < -0.39 is 0 Å². The Bertz CT molecular complexity index is 225. The standard InChI is InChI=1S/C14H27NO/c1-12(16)6-5-11-15(4)13-7-9-14(2,3)10-8-13/h13H,5-11H2,1-4H3. The van der Waals surface area contributed by atoms with Crippen LogP contribution in [-0.4, -0.2) is 30.3 Å². The van der Waals surface area contributed by atoms with Crippen molar-refractivity contribution in [3.05, 3.63) is 0 Å². The predicted octanol–water partition coefficient (Wildman–Crippen LogP) is 3.26. The summed E-state index contributed by atoms with van der Waals surface area (Å²) in [5.41, 5.74) is 0.552. The topological polar surface area (TPSA) is 20.3 Å². The van der Waals surface area contributed by atoms with Gasteiger partial charge in [0.1, 0.15) is 5.78 Å². The van der Waals surface area contributed by atoms with Crippen LogP contribution in [0.1, 0.15) is 59.3 Å². The van der Waals surface area contributed by atoms with Gasteiger partial charge in [0.05, 0.1) is 0 Å². The first-order chi connectivity index (χ1) is 7.41. The van der Waals surface area contributed by atoms with E-state index in [2.05, 4.69) is 25.8 Å². The number of hydrogen-bond donors (Lipinski definition) is 0. The van der Waals surface area contributed by atoms with Crippen molar-refractivity contribution < 1.29 is 4.79 Å². The quantitative estimate of drug-likeness (QED) is 0.716. The van der Waals surface area contributed by atoms with Crippen molar-refractivity contribution >= 4 is 5.78 Å². The van der Waals surface area contributed by atoms with E-state index in [1.807, 2.05) is 0 Å². The van der Waals surface area contributed by atoms with Crippen LogP contribution in [0.2, 0.25) is 0 Å². The van der Waals surface area contributed by atoms with Crippen molar-refractivity contribution in [1.29, 1.82) is 0 Å². The van der Waals surface area contributed by atoms with Crippen LogP contribution in [0.4, 0.5) is 0 Å². The summed E-state index contributed by atoms with van der Waals surface area (Å²) in [5, 5.41) is 0. The second-order valence-corrected chi connectivity index (χ2v) is 6.18. The average molecular weight is 225 g/mol. The van der Waals surface area contributed by atoms with Crippen molar-refractivity contribution in [1.82, 2.24) is 4.90 Å². The minimum Gasteiger partial charge on any atom is -0.303 e. The molecular weight excluding hydrogens is 198 g/mol. The number of carbonyl (C=O) groups excluding carboxylic acids is 1. The number of Topliss-reactive ketones (excluding diaryl/α,β-unsaturated/α-hetero) is 1. The van der Waals surface area contributed by atoms with E-state index in [0.29, 0.717) is 11.2 Å². The van der Waals surface area contributed by atoms with Gasteiger partial charge in [0.25, 0.3) is 0 Å².